The topological polar surface area (TPSA) is 50.8 Å². The molecule has 18 heavy (non-hydrogen) atoms. The number of guanidine groups is 1. The van der Waals surface area contributed by atoms with Gasteiger partial charge in [0.05, 0.1) is 18.1 Å². The molecule has 0 bridgehead atoms. The molecular formula is C13H20BrN3O. The minimum atomic E-state index is 0.519. The Hall–Kier alpha value is -1.23. The second-order valence-corrected chi connectivity index (χ2v) is 4.63. The summed E-state index contributed by atoms with van der Waals surface area (Å²) >= 11 is 3.46. The zero-order valence-corrected chi connectivity index (χ0v) is 12.7. The maximum absolute atomic E-state index is 5.94. The highest BCUT2D eigenvalue weighted by Gasteiger charge is 2.07. The number of rotatable bonds is 5. The third-order valence-corrected chi connectivity index (χ3v) is 3.38. The average molecular weight is 314 g/mol. The highest BCUT2D eigenvalue weighted by atomic mass is 79.9. The number of nitrogens with two attached hydrogens (primary N) is 1. The van der Waals surface area contributed by atoms with Crippen molar-refractivity contribution in [3.8, 4) is 5.75 Å². The summed E-state index contributed by atoms with van der Waals surface area (Å²) in [5.41, 5.74) is 6.96. The number of hydrogen-bond donors (Lipinski definition) is 1. The molecule has 0 heterocycles. The van der Waals surface area contributed by atoms with Gasteiger partial charge in [0.15, 0.2) is 5.96 Å². The van der Waals surface area contributed by atoms with E-state index in [0.29, 0.717) is 12.5 Å². The van der Waals surface area contributed by atoms with Crippen LogP contribution in [-0.4, -0.2) is 31.1 Å². The van der Waals surface area contributed by atoms with Crippen molar-refractivity contribution in [2.75, 3.05) is 20.2 Å². The number of methoxy groups -OCH3 is 1. The van der Waals surface area contributed by atoms with E-state index in [1.807, 2.05) is 23.1 Å². The minimum Gasteiger partial charge on any atom is -0.495 e. The largest absolute Gasteiger partial charge is 0.495 e. The molecule has 0 amide bonds. The van der Waals surface area contributed by atoms with Gasteiger partial charge in [0.1, 0.15) is 5.75 Å². The molecule has 0 saturated heterocycles. The molecule has 0 radical (unpaired) electrons. The molecule has 1 rings (SSSR count). The van der Waals surface area contributed by atoms with Crippen LogP contribution in [0.25, 0.3) is 0 Å². The summed E-state index contributed by atoms with van der Waals surface area (Å²) < 4.78 is 6.28. The standard InChI is InChI=1S/C13H20BrN3O/c1-4-17(5-2)13(15)16-9-10-7-6-8-11(14)12(10)18-3/h6-8H,4-5,9H2,1-3H3,(H2,15,16). The molecule has 4 nitrogen and oxygen atoms in total. The second kappa shape index (κ2) is 7.26. The van der Waals surface area contributed by atoms with Gasteiger partial charge in [0.2, 0.25) is 0 Å². The van der Waals surface area contributed by atoms with Crippen molar-refractivity contribution < 1.29 is 4.74 Å². The fourth-order valence-electron chi connectivity index (χ4n) is 1.72. The summed E-state index contributed by atoms with van der Waals surface area (Å²) in [6.07, 6.45) is 0. The van der Waals surface area contributed by atoms with Gasteiger partial charge in [-0.25, -0.2) is 4.99 Å². The Morgan fingerprint density at radius 2 is 2.06 bits per heavy atom. The van der Waals surface area contributed by atoms with Crippen LogP contribution in [0.4, 0.5) is 0 Å². The number of halogens is 1. The first kappa shape index (κ1) is 14.8. The molecule has 5 heteroatoms. The Morgan fingerprint density at radius 1 is 1.39 bits per heavy atom. The number of nitrogens with zero attached hydrogens (tertiary/aromatic N) is 2. The van der Waals surface area contributed by atoms with Crippen LogP contribution in [0.1, 0.15) is 19.4 Å². The Balaban J connectivity index is 2.85. The quantitative estimate of drug-likeness (QED) is 0.671. The second-order valence-electron chi connectivity index (χ2n) is 3.78. The van der Waals surface area contributed by atoms with Gasteiger partial charge in [0, 0.05) is 18.7 Å². The number of ether oxygens (including phenoxy) is 1. The third-order valence-electron chi connectivity index (χ3n) is 2.75. The number of para-hydroxylation sites is 1. The first-order chi connectivity index (χ1) is 8.63. The summed E-state index contributed by atoms with van der Waals surface area (Å²) in [6.45, 7) is 6.37. The predicted octanol–water partition coefficient (Wildman–Crippen LogP) is 2.61. The first-order valence-electron chi connectivity index (χ1n) is 6.00. The van der Waals surface area contributed by atoms with E-state index >= 15 is 0 Å². The van der Waals surface area contributed by atoms with Gasteiger partial charge in [-0.1, -0.05) is 12.1 Å². The van der Waals surface area contributed by atoms with Gasteiger partial charge in [-0.05, 0) is 35.8 Å². The van der Waals surface area contributed by atoms with Crippen LogP contribution < -0.4 is 10.5 Å². The molecule has 1 aromatic rings. The molecule has 1 aromatic carbocycles. The van der Waals surface area contributed by atoms with Gasteiger partial charge >= 0.3 is 0 Å². The zero-order chi connectivity index (χ0) is 13.5. The van der Waals surface area contributed by atoms with Crippen LogP contribution in [0, 0.1) is 0 Å². The van der Waals surface area contributed by atoms with Crippen molar-refractivity contribution in [3.05, 3.63) is 28.2 Å². The van der Waals surface area contributed by atoms with E-state index in [-0.39, 0.29) is 0 Å². The lowest BCUT2D eigenvalue weighted by molar-refractivity contribution is 0.407. The molecular weight excluding hydrogens is 294 g/mol. The van der Waals surface area contributed by atoms with E-state index in [1.165, 1.54) is 0 Å². The molecule has 0 spiro atoms. The van der Waals surface area contributed by atoms with Crippen LogP contribution in [-0.2, 0) is 6.54 Å². The van der Waals surface area contributed by atoms with Gasteiger partial charge in [0.25, 0.3) is 0 Å². The Labute approximate surface area is 117 Å². The monoisotopic (exact) mass is 313 g/mol. The average Bonchev–Trinajstić information content (AvgIpc) is 2.37. The van der Waals surface area contributed by atoms with E-state index in [1.54, 1.807) is 7.11 Å². The molecule has 0 unspecified atom stereocenters. The van der Waals surface area contributed by atoms with E-state index in [0.717, 1.165) is 28.9 Å². The maximum atomic E-state index is 5.94. The van der Waals surface area contributed by atoms with Crippen molar-refractivity contribution in [2.24, 2.45) is 10.7 Å². The summed E-state index contributed by atoms with van der Waals surface area (Å²) in [5, 5.41) is 0. The number of aliphatic imine (C=N–C) groups is 1. The fraction of sp³-hybridized carbons (Fsp3) is 0.462. The highest BCUT2D eigenvalue weighted by molar-refractivity contribution is 9.10. The highest BCUT2D eigenvalue weighted by Crippen LogP contribution is 2.29. The van der Waals surface area contributed by atoms with Crippen molar-refractivity contribution in [1.29, 1.82) is 0 Å². The van der Waals surface area contributed by atoms with Crippen molar-refractivity contribution >= 4 is 21.9 Å². The fourth-order valence-corrected chi connectivity index (χ4v) is 2.29. The molecule has 0 saturated carbocycles. The van der Waals surface area contributed by atoms with Crippen molar-refractivity contribution in [3.63, 3.8) is 0 Å². The Bertz CT molecular complexity index is 417. The summed E-state index contributed by atoms with van der Waals surface area (Å²) in [6, 6.07) is 5.90. The molecule has 0 aliphatic carbocycles. The molecule has 0 aromatic heterocycles. The van der Waals surface area contributed by atoms with E-state index < -0.39 is 0 Å². The van der Waals surface area contributed by atoms with E-state index in [9.17, 15) is 0 Å². The third kappa shape index (κ3) is 3.63. The summed E-state index contributed by atoms with van der Waals surface area (Å²) in [7, 11) is 1.65. The van der Waals surface area contributed by atoms with E-state index in [4.69, 9.17) is 10.5 Å². The Kier molecular flexibility index (Phi) is 5.98. The molecule has 0 fully saturated rings. The van der Waals surface area contributed by atoms with Gasteiger partial charge in [-0.2, -0.15) is 0 Å². The van der Waals surface area contributed by atoms with Crippen LogP contribution in [0.15, 0.2) is 27.7 Å². The zero-order valence-electron chi connectivity index (χ0n) is 11.1. The SMILES string of the molecule is CCN(CC)C(N)=NCc1cccc(Br)c1OC. The molecule has 2 N–H and O–H groups in total. The first-order valence-corrected chi connectivity index (χ1v) is 6.79. The van der Waals surface area contributed by atoms with Gasteiger partial charge in [-0.3, -0.25) is 0 Å². The predicted molar refractivity (Wildman–Crippen MR) is 78.9 cm³/mol. The lowest BCUT2D eigenvalue weighted by Crippen LogP contribution is -2.37. The maximum Gasteiger partial charge on any atom is 0.191 e. The summed E-state index contributed by atoms with van der Waals surface area (Å²) in [5.74, 6) is 1.38. The molecule has 100 valence electrons. The molecule has 0 aliphatic rings. The number of benzene rings is 1. The van der Waals surface area contributed by atoms with Crippen molar-refractivity contribution in [1.82, 2.24) is 4.90 Å². The summed E-state index contributed by atoms with van der Waals surface area (Å²) in [4.78, 5) is 6.42. The van der Waals surface area contributed by atoms with Crippen LogP contribution in [0.3, 0.4) is 0 Å². The lowest BCUT2D eigenvalue weighted by atomic mass is 10.2. The van der Waals surface area contributed by atoms with Crippen molar-refractivity contribution in [2.45, 2.75) is 20.4 Å². The smallest absolute Gasteiger partial charge is 0.191 e. The normalized spacial score (nSPS) is 11.4. The molecule has 0 atom stereocenters. The molecule has 0 aliphatic heterocycles. The van der Waals surface area contributed by atoms with Crippen LogP contribution >= 0.6 is 15.9 Å². The van der Waals surface area contributed by atoms with E-state index in [2.05, 4.69) is 34.8 Å². The number of hydrogen-bond acceptors (Lipinski definition) is 2. The minimum absolute atomic E-state index is 0.519. The Morgan fingerprint density at radius 3 is 2.61 bits per heavy atom. The van der Waals surface area contributed by atoms with Crippen LogP contribution in [0.2, 0.25) is 0 Å². The van der Waals surface area contributed by atoms with Gasteiger partial charge in [-0.15, -0.1) is 0 Å². The lowest BCUT2D eigenvalue weighted by Gasteiger charge is -2.19. The van der Waals surface area contributed by atoms with Crippen LogP contribution in [0.5, 0.6) is 5.75 Å². The van der Waals surface area contributed by atoms with Gasteiger partial charge < -0.3 is 15.4 Å².